The second-order valence-electron chi connectivity index (χ2n) is 10.5. The van der Waals surface area contributed by atoms with E-state index in [4.69, 9.17) is 16.3 Å². The first kappa shape index (κ1) is 28.5. The zero-order valence-corrected chi connectivity index (χ0v) is 23.6. The maximum absolute atomic E-state index is 12.9. The first-order chi connectivity index (χ1) is 18.8. The van der Waals surface area contributed by atoms with Gasteiger partial charge in [0.15, 0.2) is 0 Å². The van der Waals surface area contributed by atoms with Crippen LogP contribution in [-0.4, -0.2) is 50.1 Å². The van der Waals surface area contributed by atoms with E-state index in [0.717, 1.165) is 40.1 Å². The Morgan fingerprint density at radius 3 is 2.73 bits per heavy atom. The van der Waals surface area contributed by atoms with E-state index in [-0.39, 0.29) is 18.2 Å². The Balaban J connectivity index is 1.54. The fourth-order valence-corrected chi connectivity index (χ4v) is 6.39. The van der Waals surface area contributed by atoms with Crippen LogP contribution in [0.2, 0.25) is 5.02 Å². The Kier molecular flexibility index (Phi) is 7.64. The van der Waals surface area contributed by atoms with Gasteiger partial charge in [-0.2, -0.15) is 13.2 Å². The first-order valence-corrected chi connectivity index (χ1v) is 13.8. The topological polar surface area (TPSA) is 91.0 Å². The molecule has 1 saturated heterocycles. The average molecular weight is 594 g/mol. The molecule has 212 valence electrons. The lowest BCUT2D eigenvalue weighted by Crippen LogP contribution is -2.51. The lowest BCUT2D eigenvalue weighted by molar-refractivity contribution is -0.141. The molecule has 1 atom stereocenters. The molecule has 1 N–H and O–H groups in total. The van der Waals surface area contributed by atoms with Crippen molar-refractivity contribution in [3.63, 3.8) is 0 Å². The smallest absolute Gasteiger partial charge is 0.369 e. The maximum Gasteiger partial charge on any atom is 0.406 e. The van der Waals surface area contributed by atoms with E-state index in [1.165, 1.54) is 17.7 Å². The summed E-state index contributed by atoms with van der Waals surface area (Å²) >= 11 is 7.75. The average Bonchev–Trinajstić information content (AvgIpc) is 3.27. The van der Waals surface area contributed by atoms with Crippen molar-refractivity contribution in [1.29, 1.82) is 0 Å². The van der Waals surface area contributed by atoms with Crippen molar-refractivity contribution >= 4 is 33.2 Å². The number of benzene rings is 1. The van der Waals surface area contributed by atoms with Crippen molar-refractivity contribution in [2.75, 3.05) is 13.1 Å². The summed E-state index contributed by atoms with van der Waals surface area (Å²) in [5.74, 6) is 0. The van der Waals surface area contributed by atoms with Gasteiger partial charge in [-0.1, -0.05) is 11.6 Å². The Morgan fingerprint density at radius 2 is 2.00 bits per heavy atom. The molecule has 1 fully saturated rings. The fraction of sp³-hybridized carbons (Fsp3) is 0.407. The fourth-order valence-electron chi connectivity index (χ4n) is 5.01. The normalized spacial score (nSPS) is 17.4. The minimum Gasteiger partial charge on any atom is -0.369 e. The number of rotatable bonds is 6. The van der Waals surface area contributed by atoms with Crippen LogP contribution in [0.25, 0.3) is 21.5 Å². The number of nitrogens with zero attached hydrogens (tertiary/aromatic N) is 4. The van der Waals surface area contributed by atoms with Gasteiger partial charge in [0, 0.05) is 47.2 Å². The molecule has 8 nitrogen and oxygen atoms in total. The molecule has 5 rings (SSSR count). The number of fused-ring (bicyclic) bond motifs is 1. The van der Waals surface area contributed by atoms with Crippen LogP contribution in [-0.2, 0) is 24.2 Å². The SMILES string of the molecule is Cc1cc(Cl)cc(-c2ncnc3cc(Cn4c(=O)ccn(CC(F)(F)F)c4=O)sc23)c1CC1CNCC(C)(C)O1. The standard InChI is InChI=1S/C27H27ClF3N5O3S/c1-15-6-16(28)7-20(19(15)8-17-10-32-12-26(2,3)39-17)23-24-21(33-14-34-23)9-18(40-24)11-36-22(37)4-5-35(25(36)38)13-27(29,30)31/h4-7,9,14,17,32H,8,10-13H2,1-3H3. The molecule has 3 aromatic heterocycles. The molecule has 4 aromatic rings. The molecule has 0 saturated carbocycles. The molecule has 40 heavy (non-hydrogen) atoms. The van der Waals surface area contributed by atoms with Gasteiger partial charge in [-0.25, -0.2) is 14.8 Å². The highest BCUT2D eigenvalue weighted by atomic mass is 35.5. The van der Waals surface area contributed by atoms with E-state index in [1.807, 2.05) is 32.9 Å². The molecule has 0 spiro atoms. The largest absolute Gasteiger partial charge is 0.406 e. The van der Waals surface area contributed by atoms with Gasteiger partial charge in [-0.05, 0) is 50.1 Å². The van der Waals surface area contributed by atoms with E-state index in [1.54, 1.807) is 6.07 Å². The highest BCUT2D eigenvalue weighted by Gasteiger charge is 2.30. The number of halogens is 4. The maximum atomic E-state index is 12.9. The van der Waals surface area contributed by atoms with Gasteiger partial charge in [-0.3, -0.25) is 13.9 Å². The van der Waals surface area contributed by atoms with Crippen molar-refractivity contribution in [3.05, 3.63) is 78.7 Å². The molecular weight excluding hydrogens is 567 g/mol. The summed E-state index contributed by atoms with van der Waals surface area (Å²) < 4.78 is 47.0. The zero-order valence-electron chi connectivity index (χ0n) is 22.0. The van der Waals surface area contributed by atoms with Gasteiger partial charge in [0.05, 0.1) is 34.2 Å². The Morgan fingerprint density at radius 1 is 1.23 bits per heavy atom. The second-order valence-corrected chi connectivity index (χ2v) is 12.1. The van der Waals surface area contributed by atoms with Gasteiger partial charge >= 0.3 is 11.9 Å². The highest BCUT2D eigenvalue weighted by molar-refractivity contribution is 7.19. The number of aryl methyl sites for hydroxylation is 1. The molecule has 0 aliphatic carbocycles. The molecule has 1 unspecified atom stereocenters. The summed E-state index contributed by atoms with van der Waals surface area (Å²) in [6.45, 7) is 5.84. The number of morpholine rings is 1. The molecule has 0 radical (unpaired) electrons. The van der Waals surface area contributed by atoms with E-state index in [0.29, 0.717) is 43.3 Å². The quantitative estimate of drug-likeness (QED) is 0.352. The van der Waals surface area contributed by atoms with Gasteiger partial charge in [0.2, 0.25) is 0 Å². The molecule has 1 aliphatic rings. The number of nitrogens with one attached hydrogen (secondary N) is 1. The van der Waals surface area contributed by atoms with Gasteiger partial charge in [-0.15, -0.1) is 11.3 Å². The third kappa shape index (κ3) is 6.14. The van der Waals surface area contributed by atoms with Crippen molar-refractivity contribution in [3.8, 4) is 11.3 Å². The molecule has 13 heteroatoms. The molecule has 1 aromatic carbocycles. The Labute approximate surface area is 236 Å². The number of aromatic nitrogens is 4. The Hall–Kier alpha value is -3.06. The van der Waals surface area contributed by atoms with Crippen LogP contribution >= 0.6 is 22.9 Å². The second kappa shape index (κ2) is 10.7. The Bertz CT molecular complexity index is 1700. The van der Waals surface area contributed by atoms with Crippen molar-refractivity contribution in [2.24, 2.45) is 0 Å². The molecule has 1 aliphatic heterocycles. The van der Waals surface area contributed by atoms with Crippen LogP contribution in [0.15, 0.2) is 46.4 Å². The summed E-state index contributed by atoms with van der Waals surface area (Å²) in [4.78, 5) is 34.6. The minimum absolute atomic E-state index is 0.0672. The summed E-state index contributed by atoms with van der Waals surface area (Å²) in [5, 5.41) is 3.97. The summed E-state index contributed by atoms with van der Waals surface area (Å²) in [7, 11) is 0. The van der Waals surface area contributed by atoms with Crippen molar-refractivity contribution in [1.82, 2.24) is 24.4 Å². The molecule has 0 bridgehead atoms. The van der Waals surface area contributed by atoms with Crippen LogP contribution in [0.5, 0.6) is 0 Å². The van der Waals surface area contributed by atoms with Gasteiger partial charge in [0.1, 0.15) is 12.9 Å². The van der Waals surface area contributed by atoms with Gasteiger partial charge in [0.25, 0.3) is 5.56 Å². The summed E-state index contributed by atoms with van der Waals surface area (Å²) in [6, 6.07) is 6.42. The molecular formula is C27H27ClF3N5O3S. The van der Waals surface area contributed by atoms with Crippen LogP contribution in [0, 0.1) is 6.92 Å². The number of hydrogen-bond acceptors (Lipinski definition) is 7. The predicted molar refractivity (Wildman–Crippen MR) is 148 cm³/mol. The lowest BCUT2D eigenvalue weighted by Gasteiger charge is -2.37. The van der Waals surface area contributed by atoms with E-state index >= 15 is 0 Å². The van der Waals surface area contributed by atoms with Gasteiger partial charge < -0.3 is 10.1 Å². The number of alkyl halides is 3. The monoisotopic (exact) mass is 593 g/mol. The van der Waals surface area contributed by atoms with Crippen LogP contribution in [0.4, 0.5) is 13.2 Å². The van der Waals surface area contributed by atoms with Crippen LogP contribution in [0.1, 0.15) is 29.9 Å². The van der Waals surface area contributed by atoms with Crippen LogP contribution < -0.4 is 16.6 Å². The molecule has 0 amide bonds. The first-order valence-electron chi connectivity index (χ1n) is 12.6. The minimum atomic E-state index is -4.60. The summed E-state index contributed by atoms with van der Waals surface area (Å²) in [6.07, 6.45) is -1.76. The zero-order chi connectivity index (χ0) is 28.8. The number of hydrogen-bond donors (Lipinski definition) is 1. The van der Waals surface area contributed by atoms with Crippen LogP contribution in [0.3, 0.4) is 0 Å². The summed E-state index contributed by atoms with van der Waals surface area (Å²) in [5.41, 5.74) is 2.03. The third-order valence-corrected chi connectivity index (χ3v) is 8.03. The van der Waals surface area contributed by atoms with Crippen molar-refractivity contribution in [2.45, 2.75) is 58.2 Å². The highest BCUT2D eigenvalue weighted by Crippen LogP contribution is 2.37. The predicted octanol–water partition coefficient (Wildman–Crippen LogP) is 4.56. The van der Waals surface area contributed by atoms with Crippen molar-refractivity contribution < 1.29 is 17.9 Å². The number of thiophene rings is 1. The third-order valence-electron chi connectivity index (χ3n) is 6.70. The lowest BCUT2D eigenvalue weighted by atomic mass is 9.93. The van der Waals surface area contributed by atoms with E-state index in [2.05, 4.69) is 15.3 Å². The molecule has 4 heterocycles. The van der Waals surface area contributed by atoms with E-state index in [9.17, 15) is 22.8 Å². The number of ether oxygens (including phenoxy) is 1. The van der Waals surface area contributed by atoms with E-state index < -0.39 is 24.0 Å².